The summed E-state index contributed by atoms with van der Waals surface area (Å²) in [6, 6.07) is 2.04. The quantitative estimate of drug-likeness (QED) is 0.668. The molecule has 0 aliphatic rings. The van der Waals surface area contributed by atoms with Crippen LogP contribution < -0.4 is 0 Å². The summed E-state index contributed by atoms with van der Waals surface area (Å²) in [4.78, 5) is 12.4. The molecule has 0 saturated heterocycles. The van der Waals surface area contributed by atoms with Crippen molar-refractivity contribution in [3.63, 3.8) is 0 Å². The first-order chi connectivity index (χ1) is 6.15. The molecule has 0 aromatic carbocycles. The molecule has 0 amide bonds. The van der Waals surface area contributed by atoms with Gasteiger partial charge in [0.1, 0.15) is 0 Å². The average molecular weight is 196 g/mol. The summed E-state index contributed by atoms with van der Waals surface area (Å²) in [7, 11) is 0. The molecule has 1 aromatic rings. The van der Waals surface area contributed by atoms with Crippen LogP contribution in [0.1, 0.15) is 54.8 Å². The summed E-state index contributed by atoms with van der Waals surface area (Å²) in [5.74, 6) is 0.818. The molecule has 0 bridgehead atoms. The number of ketones is 1. The Hall–Kier alpha value is -0.630. The molecule has 1 nitrogen and oxygen atoms in total. The second-order valence-corrected chi connectivity index (χ2v) is 4.48. The van der Waals surface area contributed by atoms with Crippen molar-refractivity contribution in [2.75, 3.05) is 0 Å². The number of carbonyl (C=O) groups excluding carboxylic acids is 1. The lowest BCUT2D eigenvalue weighted by molar-refractivity contribution is 0.0985. The Bertz CT molecular complexity index is 286. The van der Waals surface area contributed by atoms with Crippen LogP contribution in [0.3, 0.4) is 0 Å². The Kier molecular flexibility index (Phi) is 3.67. The third-order valence-electron chi connectivity index (χ3n) is 2.04. The van der Waals surface area contributed by atoms with Crippen molar-refractivity contribution in [3.8, 4) is 0 Å². The first-order valence-electron chi connectivity index (χ1n) is 4.76. The van der Waals surface area contributed by atoms with Crippen LogP contribution in [0.5, 0.6) is 0 Å². The average Bonchev–Trinajstić information content (AvgIpc) is 2.52. The van der Waals surface area contributed by atoms with E-state index in [9.17, 15) is 4.79 Å². The molecule has 1 heterocycles. The number of thiophene rings is 1. The van der Waals surface area contributed by atoms with Crippen molar-refractivity contribution >= 4 is 17.1 Å². The van der Waals surface area contributed by atoms with Crippen LogP contribution in [0.4, 0.5) is 0 Å². The molecule has 0 aliphatic heterocycles. The van der Waals surface area contributed by atoms with E-state index in [2.05, 4.69) is 19.2 Å². The summed E-state index contributed by atoms with van der Waals surface area (Å²) < 4.78 is 0. The van der Waals surface area contributed by atoms with Crippen molar-refractivity contribution in [2.45, 2.75) is 39.5 Å². The van der Waals surface area contributed by atoms with Crippen LogP contribution in [0.25, 0.3) is 0 Å². The maximum absolute atomic E-state index is 11.5. The van der Waals surface area contributed by atoms with Crippen molar-refractivity contribution in [3.05, 3.63) is 21.9 Å². The highest BCUT2D eigenvalue weighted by Crippen LogP contribution is 2.23. The van der Waals surface area contributed by atoms with Gasteiger partial charge in [0.05, 0.1) is 4.88 Å². The molecule has 0 fully saturated rings. The predicted molar refractivity (Wildman–Crippen MR) is 57.6 cm³/mol. The summed E-state index contributed by atoms with van der Waals surface area (Å²) in [6.45, 7) is 6.33. The molecule has 13 heavy (non-hydrogen) atoms. The van der Waals surface area contributed by atoms with Crippen LogP contribution >= 0.6 is 11.3 Å². The topological polar surface area (TPSA) is 17.1 Å². The fraction of sp³-hybridized carbons (Fsp3) is 0.545. The predicted octanol–water partition coefficient (Wildman–Crippen LogP) is 3.85. The van der Waals surface area contributed by atoms with Gasteiger partial charge in [-0.25, -0.2) is 0 Å². The second-order valence-electron chi connectivity index (χ2n) is 3.57. The number of hydrogen-bond donors (Lipinski definition) is 0. The summed E-state index contributed by atoms with van der Waals surface area (Å²) in [5, 5.41) is 2.09. The van der Waals surface area contributed by atoms with Gasteiger partial charge in [-0.3, -0.25) is 4.79 Å². The molecule has 0 N–H and O–H groups in total. The van der Waals surface area contributed by atoms with Crippen molar-refractivity contribution < 1.29 is 4.79 Å². The molecule has 2 heteroatoms. The van der Waals surface area contributed by atoms with Gasteiger partial charge in [-0.1, -0.05) is 20.8 Å². The molecule has 0 unspecified atom stereocenters. The van der Waals surface area contributed by atoms with E-state index >= 15 is 0 Å². The number of Topliss-reactive ketones (excluding diaryl/α,β-unsaturated/α-hetero) is 1. The molecule has 0 saturated carbocycles. The summed E-state index contributed by atoms with van der Waals surface area (Å²) in [5.41, 5.74) is 1.28. The Balaban J connectivity index is 2.73. The van der Waals surface area contributed by atoms with Gasteiger partial charge in [0.2, 0.25) is 0 Å². The normalized spacial score (nSPS) is 10.8. The standard InChI is InChI=1S/C11H16OS/c1-4-5-10(12)11-6-9(7-13-11)8(2)3/h6-8H,4-5H2,1-3H3. The van der Waals surface area contributed by atoms with E-state index in [0.29, 0.717) is 18.1 Å². The van der Waals surface area contributed by atoms with E-state index in [1.54, 1.807) is 11.3 Å². The van der Waals surface area contributed by atoms with E-state index in [1.165, 1.54) is 5.56 Å². The van der Waals surface area contributed by atoms with Crippen LogP contribution in [0, 0.1) is 0 Å². The van der Waals surface area contributed by atoms with Crippen LogP contribution in [0.2, 0.25) is 0 Å². The van der Waals surface area contributed by atoms with E-state index in [-0.39, 0.29) is 0 Å². The monoisotopic (exact) mass is 196 g/mol. The lowest BCUT2D eigenvalue weighted by atomic mass is 10.1. The van der Waals surface area contributed by atoms with E-state index in [1.807, 2.05) is 13.0 Å². The fourth-order valence-corrected chi connectivity index (χ4v) is 2.19. The molecule has 0 aliphatic carbocycles. The molecule has 0 atom stereocenters. The highest BCUT2D eigenvalue weighted by molar-refractivity contribution is 7.12. The lowest BCUT2D eigenvalue weighted by Gasteiger charge is -1.97. The van der Waals surface area contributed by atoms with Gasteiger partial charge in [0.15, 0.2) is 5.78 Å². The van der Waals surface area contributed by atoms with Crippen molar-refractivity contribution in [2.24, 2.45) is 0 Å². The Labute approximate surface area is 83.8 Å². The van der Waals surface area contributed by atoms with Crippen LogP contribution in [-0.4, -0.2) is 5.78 Å². The molecule has 1 aromatic heterocycles. The fourth-order valence-electron chi connectivity index (χ4n) is 1.15. The third kappa shape index (κ3) is 2.66. The molecular formula is C11H16OS. The summed E-state index contributed by atoms with van der Waals surface area (Å²) >= 11 is 1.58. The number of carbonyl (C=O) groups is 1. The largest absolute Gasteiger partial charge is 0.293 e. The van der Waals surface area contributed by atoms with Gasteiger partial charge < -0.3 is 0 Å². The molecule has 72 valence electrons. The molecule has 1 rings (SSSR count). The maximum Gasteiger partial charge on any atom is 0.172 e. The van der Waals surface area contributed by atoms with Gasteiger partial charge in [-0.05, 0) is 29.3 Å². The van der Waals surface area contributed by atoms with Gasteiger partial charge in [-0.15, -0.1) is 11.3 Å². The highest BCUT2D eigenvalue weighted by Gasteiger charge is 2.09. The van der Waals surface area contributed by atoms with Gasteiger partial charge in [0, 0.05) is 6.42 Å². The Morgan fingerprint density at radius 1 is 1.54 bits per heavy atom. The minimum atomic E-state index is 0.291. The van der Waals surface area contributed by atoms with Crippen LogP contribution in [0.15, 0.2) is 11.4 Å². The van der Waals surface area contributed by atoms with Crippen molar-refractivity contribution in [1.29, 1.82) is 0 Å². The lowest BCUT2D eigenvalue weighted by Crippen LogP contribution is -1.94. The first kappa shape index (κ1) is 10.5. The van der Waals surface area contributed by atoms with Crippen LogP contribution in [-0.2, 0) is 0 Å². The molecule has 0 radical (unpaired) electrons. The zero-order chi connectivity index (χ0) is 9.84. The molecule has 0 spiro atoms. The summed E-state index contributed by atoms with van der Waals surface area (Å²) in [6.07, 6.45) is 1.62. The van der Waals surface area contributed by atoms with E-state index in [4.69, 9.17) is 0 Å². The zero-order valence-corrected chi connectivity index (χ0v) is 9.28. The Morgan fingerprint density at radius 3 is 2.69 bits per heavy atom. The zero-order valence-electron chi connectivity index (χ0n) is 8.46. The second kappa shape index (κ2) is 4.56. The molecular weight excluding hydrogens is 180 g/mol. The van der Waals surface area contributed by atoms with Gasteiger partial charge >= 0.3 is 0 Å². The number of hydrogen-bond acceptors (Lipinski definition) is 2. The number of rotatable bonds is 4. The third-order valence-corrected chi connectivity index (χ3v) is 3.03. The Morgan fingerprint density at radius 2 is 2.23 bits per heavy atom. The van der Waals surface area contributed by atoms with Gasteiger partial charge in [0.25, 0.3) is 0 Å². The van der Waals surface area contributed by atoms with Crippen molar-refractivity contribution in [1.82, 2.24) is 0 Å². The highest BCUT2D eigenvalue weighted by atomic mass is 32.1. The van der Waals surface area contributed by atoms with E-state index in [0.717, 1.165) is 11.3 Å². The maximum atomic E-state index is 11.5. The van der Waals surface area contributed by atoms with Gasteiger partial charge in [-0.2, -0.15) is 0 Å². The SMILES string of the molecule is CCCC(=O)c1cc(C(C)C)cs1. The minimum absolute atomic E-state index is 0.291. The van der Waals surface area contributed by atoms with E-state index < -0.39 is 0 Å². The smallest absolute Gasteiger partial charge is 0.172 e. The first-order valence-corrected chi connectivity index (χ1v) is 5.64. The minimum Gasteiger partial charge on any atom is -0.293 e.